The predicted octanol–water partition coefficient (Wildman–Crippen LogP) is 3.56. The minimum atomic E-state index is -0.243. The minimum Gasteiger partial charge on any atom is -0.354 e. The van der Waals surface area contributed by atoms with E-state index >= 15 is 0 Å². The minimum absolute atomic E-state index is 0.243. The molecule has 0 bridgehead atoms. The van der Waals surface area contributed by atoms with Crippen molar-refractivity contribution in [2.75, 3.05) is 31.1 Å². The summed E-state index contributed by atoms with van der Waals surface area (Å²) >= 11 is 0. The Morgan fingerprint density at radius 2 is 1.67 bits per heavy atom. The van der Waals surface area contributed by atoms with Crippen molar-refractivity contribution in [2.45, 2.75) is 18.9 Å². The van der Waals surface area contributed by atoms with E-state index in [4.69, 9.17) is 0 Å². The smallest absolute Gasteiger partial charge is 0.139 e. The Kier molecular flexibility index (Phi) is 4.13. The molecule has 5 rings (SSSR count). The van der Waals surface area contributed by atoms with Crippen LogP contribution in [0.2, 0.25) is 0 Å². The Bertz CT molecular complexity index is 907. The van der Waals surface area contributed by atoms with E-state index < -0.39 is 0 Å². The number of nitrogens with one attached hydrogen (secondary N) is 1. The quantitative estimate of drug-likeness (QED) is 0.770. The van der Waals surface area contributed by atoms with Gasteiger partial charge in [0, 0.05) is 55.7 Å². The first-order valence-corrected chi connectivity index (χ1v) is 9.53. The average Bonchev–Trinajstić information content (AvgIpc) is 3.46. The third kappa shape index (κ3) is 3.45. The number of imidazole rings is 1. The van der Waals surface area contributed by atoms with E-state index in [1.807, 2.05) is 12.4 Å². The van der Waals surface area contributed by atoms with Crippen LogP contribution in [0.25, 0.3) is 22.6 Å². The summed E-state index contributed by atoms with van der Waals surface area (Å²) in [4.78, 5) is 17.4. The Morgan fingerprint density at radius 3 is 2.33 bits per heavy atom. The zero-order valence-electron chi connectivity index (χ0n) is 15.1. The zero-order chi connectivity index (χ0) is 18.2. The lowest BCUT2D eigenvalue weighted by molar-refractivity contribution is 0.247. The molecule has 27 heavy (non-hydrogen) atoms. The molecule has 1 aliphatic carbocycles. The van der Waals surface area contributed by atoms with Crippen LogP contribution >= 0.6 is 0 Å². The van der Waals surface area contributed by atoms with Gasteiger partial charge in [-0.05, 0) is 49.2 Å². The molecule has 138 valence electrons. The molecule has 1 saturated heterocycles. The molecule has 0 amide bonds. The van der Waals surface area contributed by atoms with Gasteiger partial charge in [0.05, 0.1) is 5.69 Å². The fourth-order valence-electron chi connectivity index (χ4n) is 3.71. The number of H-pyrrole nitrogens is 1. The Labute approximate surface area is 157 Å². The van der Waals surface area contributed by atoms with Gasteiger partial charge in [0.25, 0.3) is 0 Å². The average molecular weight is 363 g/mol. The van der Waals surface area contributed by atoms with Crippen molar-refractivity contribution in [2.24, 2.45) is 0 Å². The third-order valence-corrected chi connectivity index (χ3v) is 5.44. The van der Waals surface area contributed by atoms with Crippen LogP contribution in [0.15, 0.2) is 48.8 Å². The Balaban J connectivity index is 1.28. The van der Waals surface area contributed by atoms with Crippen LogP contribution in [0, 0.1) is 5.82 Å². The number of piperazine rings is 1. The SMILES string of the molecule is Fc1ccc(-c2c[nH]c(-c3ccc(N4CCN(C5CC5)CC4)nc3)n2)cc1. The number of benzene rings is 1. The topological polar surface area (TPSA) is 48.1 Å². The van der Waals surface area contributed by atoms with Crippen molar-refractivity contribution in [3.8, 4) is 22.6 Å². The Hall–Kier alpha value is -2.73. The number of aromatic nitrogens is 3. The first-order valence-electron chi connectivity index (χ1n) is 9.53. The summed E-state index contributed by atoms with van der Waals surface area (Å²) in [5.41, 5.74) is 2.63. The van der Waals surface area contributed by atoms with Crippen molar-refractivity contribution >= 4 is 5.82 Å². The molecule has 3 heterocycles. The molecule has 0 spiro atoms. The standard InChI is InChI=1S/C21H22FN5/c22-17-4-1-15(2-5-17)19-14-24-21(25-19)16-3-8-20(23-13-16)27-11-9-26(10-12-27)18-6-7-18/h1-5,8,13-14,18H,6-7,9-12H2,(H,24,25). The largest absolute Gasteiger partial charge is 0.354 e. The highest BCUT2D eigenvalue weighted by Crippen LogP contribution is 2.28. The van der Waals surface area contributed by atoms with Crippen molar-refractivity contribution in [3.63, 3.8) is 0 Å². The van der Waals surface area contributed by atoms with Gasteiger partial charge in [-0.1, -0.05) is 0 Å². The first kappa shape index (κ1) is 16.4. The van der Waals surface area contributed by atoms with Gasteiger partial charge in [-0.2, -0.15) is 0 Å². The molecule has 1 saturated carbocycles. The van der Waals surface area contributed by atoms with E-state index in [-0.39, 0.29) is 5.82 Å². The number of hydrogen-bond donors (Lipinski definition) is 1. The van der Waals surface area contributed by atoms with Crippen molar-refractivity contribution < 1.29 is 4.39 Å². The lowest BCUT2D eigenvalue weighted by Crippen LogP contribution is -2.47. The van der Waals surface area contributed by atoms with Crippen molar-refractivity contribution in [1.82, 2.24) is 19.9 Å². The Morgan fingerprint density at radius 1 is 0.926 bits per heavy atom. The second kappa shape index (κ2) is 6.78. The maximum absolute atomic E-state index is 13.1. The molecule has 0 radical (unpaired) electrons. The monoisotopic (exact) mass is 363 g/mol. The molecule has 3 aromatic rings. The van der Waals surface area contributed by atoms with Gasteiger partial charge >= 0.3 is 0 Å². The molecule has 1 aromatic carbocycles. The molecule has 2 fully saturated rings. The van der Waals surface area contributed by atoms with Crippen LogP contribution in [0.5, 0.6) is 0 Å². The number of anilines is 1. The lowest BCUT2D eigenvalue weighted by atomic mass is 10.2. The van der Waals surface area contributed by atoms with Crippen LogP contribution in [0.3, 0.4) is 0 Å². The highest BCUT2D eigenvalue weighted by atomic mass is 19.1. The summed E-state index contributed by atoms with van der Waals surface area (Å²) in [5, 5.41) is 0. The van der Waals surface area contributed by atoms with Crippen LogP contribution < -0.4 is 4.90 Å². The fraction of sp³-hybridized carbons (Fsp3) is 0.333. The van der Waals surface area contributed by atoms with Crippen LogP contribution in [-0.2, 0) is 0 Å². The van der Waals surface area contributed by atoms with E-state index in [1.165, 1.54) is 25.0 Å². The third-order valence-electron chi connectivity index (χ3n) is 5.44. The number of hydrogen-bond acceptors (Lipinski definition) is 4. The van der Waals surface area contributed by atoms with Gasteiger partial charge in [0.2, 0.25) is 0 Å². The molecule has 2 aromatic heterocycles. The van der Waals surface area contributed by atoms with E-state index in [2.05, 4.69) is 36.9 Å². The second-order valence-electron chi connectivity index (χ2n) is 7.30. The van der Waals surface area contributed by atoms with E-state index in [9.17, 15) is 4.39 Å². The van der Waals surface area contributed by atoms with E-state index in [1.54, 1.807) is 12.1 Å². The van der Waals surface area contributed by atoms with Gasteiger partial charge in [-0.25, -0.2) is 14.4 Å². The molecule has 5 nitrogen and oxygen atoms in total. The number of halogens is 1. The first-order chi connectivity index (χ1) is 13.3. The highest BCUT2D eigenvalue weighted by molar-refractivity contribution is 5.64. The predicted molar refractivity (Wildman–Crippen MR) is 104 cm³/mol. The summed E-state index contributed by atoms with van der Waals surface area (Å²) in [6.45, 7) is 4.34. The molecule has 0 atom stereocenters. The van der Waals surface area contributed by atoms with Gasteiger partial charge < -0.3 is 9.88 Å². The van der Waals surface area contributed by atoms with Crippen LogP contribution in [-0.4, -0.2) is 52.1 Å². The number of pyridine rings is 1. The maximum Gasteiger partial charge on any atom is 0.139 e. The van der Waals surface area contributed by atoms with Crippen molar-refractivity contribution in [1.29, 1.82) is 0 Å². The molecular weight excluding hydrogens is 341 g/mol. The number of rotatable bonds is 4. The van der Waals surface area contributed by atoms with Gasteiger partial charge in [0.1, 0.15) is 17.5 Å². The fourth-order valence-corrected chi connectivity index (χ4v) is 3.71. The normalized spacial score (nSPS) is 18.0. The maximum atomic E-state index is 13.1. The number of nitrogens with zero attached hydrogens (tertiary/aromatic N) is 4. The summed E-state index contributed by atoms with van der Waals surface area (Å²) < 4.78 is 13.1. The molecule has 2 aliphatic rings. The molecular formula is C21H22FN5. The van der Waals surface area contributed by atoms with Crippen molar-refractivity contribution in [3.05, 3.63) is 54.6 Å². The van der Waals surface area contributed by atoms with Crippen LogP contribution in [0.4, 0.5) is 10.2 Å². The summed E-state index contributed by atoms with van der Waals surface area (Å²) in [6, 6.07) is 11.3. The molecule has 6 heteroatoms. The second-order valence-corrected chi connectivity index (χ2v) is 7.30. The van der Waals surface area contributed by atoms with Gasteiger partial charge in [-0.15, -0.1) is 0 Å². The van der Waals surface area contributed by atoms with Crippen LogP contribution in [0.1, 0.15) is 12.8 Å². The summed E-state index contributed by atoms with van der Waals surface area (Å²) in [7, 11) is 0. The molecule has 1 aliphatic heterocycles. The van der Waals surface area contributed by atoms with E-state index in [0.29, 0.717) is 0 Å². The summed E-state index contributed by atoms with van der Waals surface area (Å²) in [5.74, 6) is 1.55. The summed E-state index contributed by atoms with van der Waals surface area (Å²) in [6.07, 6.45) is 6.45. The molecule has 0 unspecified atom stereocenters. The lowest BCUT2D eigenvalue weighted by Gasteiger charge is -2.35. The van der Waals surface area contributed by atoms with Gasteiger partial charge in [0.15, 0.2) is 0 Å². The van der Waals surface area contributed by atoms with Gasteiger partial charge in [-0.3, -0.25) is 4.90 Å². The number of aromatic amines is 1. The van der Waals surface area contributed by atoms with E-state index in [0.717, 1.165) is 60.7 Å². The molecule has 1 N–H and O–H groups in total. The zero-order valence-corrected chi connectivity index (χ0v) is 15.1. The highest BCUT2D eigenvalue weighted by Gasteiger charge is 2.31.